The van der Waals surface area contributed by atoms with Gasteiger partial charge >= 0.3 is 0 Å². The molecule has 2 aromatic carbocycles. The number of hydrogen-bond donors (Lipinski definition) is 4. The molecule has 2 rings (SSSR count). The van der Waals surface area contributed by atoms with Gasteiger partial charge in [0.2, 0.25) is 0 Å². The molecule has 0 atom stereocenters. The average molecular weight is 342 g/mol. The fraction of sp³-hybridized carbons (Fsp3) is 0.250. The van der Waals surface area contributed by atoms with Crippen molar-refractivity contribution in [1.82, 2.24) is 0 Å². The Morgan fingerprint density at radius 1 is 1.00 bits per heavy atom. The van der Waals surface area contributed by atoms with E-state index in [-0.39, 0.29) is 41.2 Å². The van der Waals surface area contributed by atoms with Crippen LogP contribution in [0.1, 0.15) is 41.8 Å². The van der Waals surface area contributed by atoms with Crippen LogP contribution in [-0.4, -0.2) is 26.2 Å². The zero-order chi connectivity index (χ0) is 18.6. The van der Waals surface area contributed by atoms with Crippen molar-refractivity contribution < 1.29 is 25.2 Å². The van der Waals surface area contributed by atoms with E-state index < -0.39 is 11.5 Å². The Kier molecular flexibility index (Phi) is 5.70. The summed E-state index contributed by atoms with van der Waals surface area (Å²) in [6.07, 6.45) is 2.57. The number of aromatic hydroxyl groups is 4. The second-order valence-corrected chi connectivity index (χ2v) is 6.19. The first-order chi connectivity index (χ1) is 11.8. The Hall–Kier alpha value is -2.95. The van der Waals surface area contributed by atoms with Gasteiger partial charge in [0.05, 0.1) is 0 Å². The summed E-state index contributed by atoms with van der Waals surface area (Å²) in [5, 5.41) is 39.6. The van der Waals surface area contributed by atoms with E-state index in [4.69, 9.17) is 0 Å². The number of phenolic OH excluding ortho intramolecular Hbond substituents is 4. The molecule has 4 N–H and O–H groups in total. The largest absolute Gasteiger partial charge is 0.508 e. The molecule has 2 aromatic rings. The fourth-order valence-corrected chi connectivity index (χ4v) is 2.51. The van der Waals surface area contributed by atoms with Crippen molar-refractivity contribution in [2.24, 2.45) is 0 Å². The van der Waals surface area contributed by atoms with Crippen molar-refractivity contribution in [1.29, 1.82) is 0 Å². The lowest BCUT2D eigenvalue weighted by molar-refractivity contribution is 0.0977. The molecule has 0 aliphatic heterocycles. The number of rotatable bonds is 6. The van der Waals surface area contributed by atoms with Crippen LogP contribution >= 0.6 is 0 Å². The Labute approximate surface area is 146 Å². The first kappa shape index (κ1) is 18.4. The molecule has 0 saturated heterocycles. The molecule has 5 heteroatoms. The summed E-state index contributed by atoms with van der Waals surface area (Å²) >= 11 is 0. The Morgan fingerprint density at radius 2 is 1.64 bits per heavy atom. The minimum absolute atomic E-state index is 0.0821. The maximum Gasteiger partial charge on any atom is 0.170 e. The molecule has 0 unspecified atom stereocenters. The second-order valence-electron chi connectivity index (χ2n) is 6.19. The number of aryl methyl sites for hydroxylation is 1. The van der Waals surface area contributed by atoms with E-state index in [0.717, 1.165) is 17.2 Å². The van der Waals surface area contributed by atoms with E-state index in [0.29, 0.717) is 6.42 Å². The first-order valence-electron chi connectivity index (χ1n) is 8.00. The van der Waals surface area contributed by atoms with E-state index in [1.807, 2.05) is 19.9 Å². The Bertz CT molecular complexity index is 800. The summed E-state index contributed by atoms with van der Waals surface area (Å²) in [5.74, 6) is -1.34. The fourth-order valence-electron chi connectivity index (χ4n) is 2.51. The number of hydrogen-bond acceptors (Lipinski definition) is 5. The molecule has 25 heavy (non-hydrogen) atoms. The third-order valence-electron chi connectivity index (χ3n) is 3.93. The number of ketones is 1. The van der Waals surface area contributed by atoms with Gasteiger partial charge in [-0.1, -0.05) is 23.8 Å². The van der Waals surface area contributed by atoms with Crippen LogP contribution < -0.4 is 0 Å². The predicted octanol–water partition coefficient (Wildman–Crippen LogP) is 3.83. The predicted molar refractivity (Wildman–Crippen MR) is 95.3 cm³/mol. The maximum atomic E-state index is 12.5. The number of allylic oxidation sites excluding steroid dienone is 2. The molecule has 0 fully saturated rings. The lowest BCUT2D eigenvalue weighted by Crippen LogP contribution is -2.04. The highest BCUT2D eigenvalue weighted by Crippen LogP contribution is 2.38. The number of Topliss-reactive ketones (excluding diaryl/α,β-unsaturated/α-hetero) is 1. The summed E-state index contributed by atoms with van der Waals surface area (Å²) < 4.78 is 0. The summed E-state index contributed by atoms with van der Waals surface area (Å²) in [4.78, 5) is 12.5. The number of carbonyl (C=O) groups is 1. The van der Waals surface area contributed by atoms with Crippen molar-refractivity contribution in [2.75, 3.05) is 0 Å². The molecular formula is C20H22O5. The van der Waals surface area contributed by atoms with Crippen molar-refractivity contribution in [3.8, 4) is 23.0 Å². The van der Waals surface area contributed by atoms with Crippen molar-refractivity contribution >= 4 is 5.78 Å². The quantitative estimate of drug-likeness (QED) is 0.472. The van der Waals surface area contributed by atoms with Gasteiger partial charge in [0, 0.05) is 18.1 Å². The second kappa shape index (κ2) is 7.75. The van der Waals surface area contributed by atoms with Gasteiger partial charge in [-0.05, 0) is 44.4 Å². The van der Waals surface area contributed by atoms with Gasteiger partial charge in [-0.25, -0.2) is 0 Å². The highest BCUT2D eigenvalue weighted by Gasteiger charge is 2.22. The van der Waals surface area contributed by atoms with Crippen LogP contribution in [-0.2, 0) is 12.8 Å². The highest BCUT2D eigenvalue weighted by molar-refractivity contribution is 6.02. The van der Waals surface area contributed by atoms with E-state index in [1.165, 1.54) is 12.1 Å². The third kappa shape index (κ3) is 4.53. The van der Waals surface area contributed by atoms with Crippen LogP contribution in [0.3, 0.4) is 0 Å². The van der Waals surface area contributed by atoms with Crippen LogP contribution in [0.4, 0.5) is 0 Å². The van der Waals surface area contributed by atoms with Crippen LogP contribution in [0, 0.1) is 0 Å². The minimum Gasteiger partial charge on any atom is -0.508 e. The first-order valence-corrected chi connectivity index (χ1v) is 8.00. The monoisotopic (exact) mass is 342 g/mol. The average Bonchev–Trinajstić information content (AvgIpc) is 2.53. The molecule has 5 nitrogen and oxygen atoms in total. The van der Waals surface area contributed by atoms with E-state index in [1.54, 1.807) is 12.1 Å². The van der Waals surface area contributed by atoms with Gasteiger partial charge in [0.25, 0.3) is 0 Å². The van der Waals surface area contributed by atoms with E-state index >= 15 is 0 Å². The Balaban J connectivity index is 2.24. The minimum atomic E-state index is -0.438. The lowest BCUT2D eigenvalue weighted by Gasteiger charge is -2.12. The lowest BCUT2D eigenvalue weighted by atomic mass is 9.96. The standard InChI is InChI=1S/C20H22O5/c1-12(2)3-9-15-17(23)11-18(24)19(20(15)25)16(22)10-6-13-4-7-14(21)8-5-13/h3-5,7-8,11,21,23-25H,6,9-10H2,1-2H3. The molecule has 0 aromatic heterocycles. The van der Waals surface area contributed by atoms with E-state index in [9.17, 15) is 25.2 Å². The van der Waals surface area contributed by atoms with Crippen LogP contribution in [0.15, 0.2) is 42.0 Å². The summed E-state index contributed by atoms with van der Waals surface area (Å²) in [5.41, 5.74) is 1.90. The molecule has 0 aliphatic carbocycles. The zero-order valence-electron chi connectivity index (χ0n) is 14.3. The molecule has 0 heterocycles. The molecule has 0 spiro atoms. The third-order valence-corrected chi connectivity index (χ3v) is 3.93. The highest BCUT2D eigenvalue weighted by atomic mass is 16.3. The summed E-state index contributed by atoms with van der Waals surface area (Å²) in [7, 11) is 0. The maximum absolute atomic E-state index is 12.5. The van der Waals surface area contributed by atoms with Gasteiger partial charge in [0.1, 0.15) is 28.6 Å². The smallest absolute Gasteiger partial charge is 0.170 e. The van der Waals surface area contributed by atoms with Crippen molar-refractivity contribution in [3.63, 3.8) is 0 Å². The molecule has 0 aliphatic rings. The number of phenols is 4. The summed E-state index contributed by atoms with van der Waals surface area (Å²) in [6, 6.07) is 7.57. The van der Waals surface area contributed by atoms with Gasteiger partial charge in [-0.3, -0.25) is 4.79 Å². The van der Waals surface area contributed by atoms with Crippen LogP contribution in [0.25, 0.3) is 0 Å². The van der Waals surface area contributed by atoms with Gasteiger partial charge in [0.15, 0.2) is 5.78 Å². The van der Waals surface area contributed by atoms with Crippen molar-refractivity contribution in [2.45, 2.75) is 33.1 Å². The topological polar surface area (TPSA) is 98.0 Å². The Morgan fingerprint density at radius 3 is 2.24 bits per heavy atom. The van der Waals surface area contributed by atoms with E-state index in [2.05, 4.69) is 0 Å². The molecular weight excluding hydrogens is 320 g/mol. The SMILES string of the molecule is CC(C)=CCc1c(O)cc(O)c(C(=O)CCc2ccc(O)cc2)c1O. The molecule has 0 bridgehead atoms. The van der Waals surface area contributed by atoms with Gasteiger partial charge < -0.3 is 20.4 Å². The zero-order valence-corrected chi connectivity index (χ0v) is 14.3. The van der Waals surface area contributed by atoms with Crippen LogP contribution in [0.5, 0.6) is 23.0 Å². The normalized spacial score (nSPS) is 10.5. The van der Waals surface area contributed by atoms with Gasteiger partial charge in [-0.15, -0.1) is 0 Å². The molecule has 0 radical (unpaired) electrons. The van der Waals surface area contributed by atoms with Crippen LogP contribution in [0.2, 0.25) is 0 Å². The molecule has 132 valence electrons. The number of benzene rings is 2. The molecule has 0 amide bonds. The molecule has 0 saturated carbocycles. The van der Waals surface area contributed by atoms with Gasteiger partial charge in [-0.2, -0.15) is 0 Å². The summed E-state index contributed by atoms with van der Waals surface area (Å²) in [6.45, 7) is 3.77. The number of carbonyl (C=O) groups excluding carboxylic acids is 1. The van der Waals surface area contributed by atoms with Crippen molar-refractivity contribution in [3.05, 3.63) is 58.7 Å².